The van der Waals surface area contributed by atoms with Gasteiger partial charge in [0.1, 0.15) is 5.01 Å². The SMILES string of the molecule is O=C(/C=C\c1ccccc1)N1CCN(Cc2csc(-c3ccc(Cl)cc3)n2)CC1. The van der Waals surface area contributed by atoms with Gasteiger partial charge in [-0.05, 0) is 23.8 Å². The van der Waals surface area contributed by atoms with Crippen molar-refractivity contribution in [2.45, 2.75) is 6.54 Å². The highest BCUT2D eigenvalue weighted by atomic mass is 35.5. The van der Waals surface area contributed by atoms with Crippen molar-refractivity contribution in [2.75, 3.05) is 26.2 Å². The smallest absolute Gasteiger partial charge is 0.246 e. The molecule has 2 heterocycles. The molecule has 1 saturated heterocycles. The van der Waals surface area contributed by atoms with Crippen molar-refractivity contribution in [1.29, 1.82) is 0 Å². The number of carbonyl (C=O) groups is 1. The van der Waals surface area contributed by atoms with Crippen LogP contribution >= 0.6 is 22.9 Å². The van der Waals surface area contributed by atoms with E-state index in [1.807, 2.05) is 65.6 Å². The topological polar surface area (TPSA) is 36.4 Å². The van der Waals surface area contributed by atoms with Gasteiger partial charge in [0.2, 0.25) is 5.91 Å². The molecule has 148 valence electrons. The van der Waals surface area contributed by atoms with E-state index in [-0.39, 0.29) is 5.91 Å². The first kappa shape index (κ1) is 19.8. The third-order valence-corrected chi connectivity index (χ3v) is 6.12. The Labute approximate surface area is 180 Å². The van der Waals surface area contributed by atoms with Crippen molar-refractivity contribution in [3.8, 4) is 10.6 Å². The van der Waals surface area contributed by atoms with Gasteiger partial charge >= 0.3 is 0 Å². The molecule has 0 bridgehead atoms. The molecule has 4 nitrogen and oxygen atoms in total. The maximum atomic E-state index is 12.4. The summed E-state index contributed by atoms with van der Waals surface area (Å²) in [5.74, 6) is 0.0761. The van der Waals surface area contributed by atoms with Crippen LogP contribution in [0.25, 0.3) is 16.6 Å². The highest BCUT2D eigenvalue weighted by Gasteiger charge is 2.20. The van der Waals surface area contributed by atoms with E-state index < -0.39 is 0 Å². The van der Waals surface area contributed by atoms with E-state index >= 15 is 0 Å². The van der Waals surface area contributed by atoms with Crippen LogP contribution in [0.15, 0.2) is 66.1 Å². The summed E-state index contributed by atoms with van der Waals surface area (Å²) in [4.78, 5) is 21.4. The van der Waals surface area contributed by atoms with Crippen LogP contribution in [0.2, 0.25) is 5.02 Å². The Morgan fingerprint density at radius 1 is 1.03 bits per heavy atom. The number of rotatable bonds is 5. The molecule has 0 radical (unpaired) electrons. The summed E-state index contributed by atoms with van der Waals surface area (Å²) < 4.78 is 0. The zero-order chi connectivity index (χ0) is 20.1. The normalized spacial score (nSPS) is 15.1. The average Bonchev–Trinajstić information content (AvgIpc) is 3.22. The Morgan fingerprint density at radius 2 is 1.76 bits per heavy atom. The van der Waals surface area contributed by atoms with E-state index in [1.54, 1.807) is 17.4 Å². The fourth-order valence-electron chi connectivity index (χ4n) is 3.30. The minimum Gasteiger partial charge on any atom is -0.337 e. The monoisotopic (exact) mass is 423 g/mol. The lowest BCUT2D eigenvalue weighted by molar-refractivity contribution is -0.127. The molecule has 0 N–H and O–H groups in total. The fraction of sp³-hybridized carbons (Fsp3) is 0.217. The number of carbonyl (C=O) groups excluding carboxylic acids is 1. The van der Waals surface area contributed by atoms with Crippen LogP contribution in [-0.2, 0) is 11.3 Å². The zero-order valence-corrected chi connectivity index (χ0v) is 17.6. The van der Waals surface area contributed by atoms with Crippen LogP contribution in [0.4, 0.5) is 0 Å². The molecule has 4 rings (SSSR count). The van der Waals surface area contributed by atoms with Gasteiger partial charge in [0, 0.05) is 54.8 Å². The molecule has 2 aromatic carbocycles. The molecule has 1 aliphatic rings. The van der Waals surface area contributed by atoms with Gasteiger partial charge < -0.3 is 4.90 Å². The van der Waals surface area contributed by atoms with Gasteiger partial charge in [-0.2, -0.15) is 0 Å². The number of halogens is 1. The summed E-state index contributed by atoms with van der Waals surface area (Å²) in [7, 11) is 0. The number of aromatic nitrogens is 1. The molecular formula is C23H22ClN3OS. The van der Waals surface area contributed by atoms with Gasteiger partial charge in [-0.1, -0.05) is 54.1 Å². The van der Waals surface area contributed by atoms with Crippen molar-refractivity contribution in [3.63, 3.8) is 0 Å². The van der Waals surface area contributed by atoms with E-state index in [0.717, 1.165) is 59.6 Å². The largest absolute Gasteiger partial charge is 0.337 e. The predicted molar refractivity (Wildman–Crippen MR) is 120 cm³/mol. The van der Waals surface area contributed by atoms with E-state index in [1.165, 1.54) is 0 Å². The summed E-state index contributed by atoms with van der Waals surface area (Å²) in [6.45, 7) is 4.02. The quantitative estimate of drug-likeness (QED) is 0.552. The minimum absolute atomic E-state index is 0.0761. The Hall–Kier alpha value is -2.47. The molecule has 0 aliphatic carbocycles. The lowest BCUT2D eigenvalue weighted by Crippen LogP contribution is -2.47. The molecule has 1 fully saturated rings. The molecule has 0 saturated carbocycles. The standard InChI is InChI=1S/C23H22ClN3OS/c24-20-9-7-19(8-10-20)23-25-21(17-29-23)16-26-12-14-27(15-13-26)22(28)11-6-18-4-2-1-3-5-18/h1-11,17H,12-16H2/b11-6-. The number of nitrogens with zero attached hydrogens (tertiary/aromatic N) is 3. The minimum atomic E-state index is 0.0761. The number of amides is 1. The van der Waals surface area contributed by atoms with Gasteiger partial charge in [0.25, 0.3) is 0 Å². The fourth-order valence-corrected chi connectivity index (χ4v) is 4.24. The van der Waals surface area contributed by atoms with E-state index in [9.17, 15) is 4.79 Å². The summed E-state index contributed by atoms with van der Waals surface area (Å²) in [6.07, 6.45) is 3.55. The molecule has 1 amide bonds. The second kappa shape index (κ2) is 9.35. The summed E-state index contributed by atoms with van der Waals surface area (Å²) in [5.41, 5.74) is 3.20. The van der Waals surface area contributed by atoms with Gasteiger partial charge in [-0.25, -0.2) is 4.98 Å². The van der Waals surface area contributed by atoms with E-state index in [2.05, 4.69) is 10.3 Å². The Balaban J connectivity index is 1.28. The van der Waals surface area contributed by atoms with E-state index in [4.69, 9.17) is 16.6 Å². The Bertz CT molecular complexity index is 977. The third-order valence-electron chi connectivity index (χ3n) is 4.93. The number of piperazine rings is 1. The van der Waals surface area contributed by atoms with Crippen LogP contribution in [0.5, 0.6) is 0 Å². The van der Waals surface area contributed by atoms with Gasteiger partial charge in [-0.15, -0.1) is 11.3 Å². The predicted octanol–water partition coefficient (Wildman–Crippen LogP) is 4.82. The summed E-state index contributed by atoms with van der Waals surface area (Å²) >= 11 is 7.61. The molecule has 3 aromatic rings. The maximum Gasteiger partial charge on any atom is 0.246 e. The molecule has 0 spiro atoms. The van der Waals surface area contributed by atoms with Crippen molar-refractivity contribution in [3.05, 3.63) is 82.3 Å². The van der Waals surface area contributed by atoms with E-state index in [0.29, 0.717) is 0 Å². The zero-order valence-electron chi connectivity index (χ0n) is 16.0. The summed E-state index contributed by atoms with van der Waals surface area (Å²) in [5, 5.41) is 3.86. The lowest BCUT2D eigenvalue weighted by Gasteiger charge is -2.33. The van der Waals surface area contributed by atoms with Gasteiger partial charge in [0.15, 0.2) is 0 Å². The Morgan fingerprint density at radius 3 is 2.48 bits per heavy atom. The highest BCUT2D eigenvalue weighted by molar-refractivity contribution is 7.13. The van der Waals surface area contributed by atoms with Gasteiger partial charge in [-0.3, -0.25) is 9.69 Å². The van der Waals surface area contributed by atoms with Crippen LogP contribution in [-0.4, -0.2) is 46.9 Å². The molecular weight excluding hydrogens is 402 g/mol. The van der Waals surface area contributed by atoms with Crippen molar-refractivity contribution in [1.82, 2.24) is 14.8 Å². The average molecular weight is 424 g/mol. The second-order valence-corrected chi connectivity index (χ2v) is 8.29. The number of hydrogen-bond donors (Lipinski definition) is 0. The molecule has 1 aromatic heterocycles. The third kappa shape index (κ3) is 5.32. The van der Waals surface area contributed by atoms with Crippen LogP contribution in [0.3, 0.4) is 0 Å². The van der Waals surface area contributed by atoms with Crippen LogP contribution < -0.4 is 0 Å². The number of hydrogen-bond acceptors (Lipinski definition) is 4. The lowest BCUT2D eigenvalue weighted by atomic mass is 10.2. The number of thiazole rings is 1. The van der Waals surface area contributed by atoms with Crippen molar-refractivity contribution >= 4 is 34.9 Å². The maximum absolute atomic E-state index is 12.4. The molecule has 6 heteroatoms. The highest BCUT2D eigenvalue weighted by Crippen LogP contribution is 2.25. The number of benzene rings is 2. The van der Waals surface area contributed by atoms with Crippen LogP contribution in [0, 0.1) is 0 Å². The molecule has 0 atom stereocenters. The first-order valence-corrected chi connectivity index (χ1v) is 10.9. The first-order chi connectivity index (χ1) is 14.2. The second-order valence-electron chi connectivity index (χ2n) is 7.00. The molecule has 1 aliphatic heterocycles. The summed E-state index contributed by atoms with van der Waals surface area (Å²) in [6, 6.07) is 17.7. The van der Waals surface area contributed by atoms with Gasteiger partial charge in [0.05, 0.1) is 5.69 Å². The Kier molecular flexibility index (Phi) is 6.39. The molecule has 29 heavy (non-hydrogen) atoms. The van der Waals surface area contributed by atoms with Crippen molar-refractivity contribution < 1.29 is 4.79 Å². The first-order valence-electron chi connectivity index (χ1n) is 9.62. The van der Waals surface area contributed by atoms with Crippen LogP contribution in [0.1, 0.15) is 11.3 Å². The van der Waals surface area contributed by atoms with Crippen molar-refractivity contribution in [2.24, 2.45) is 0 Å². The molecule has 0 unspecified atom stereocenters.